The molecule has 5 heteroatoms. The van der Waals surface area contributed by atoms with Gasteiger partial charge in [-0.3, -0.25) is 0 Å². The summed E-state index contributed by atoms with van der Waals surface area (Å²) >= 11 is 0. The molecule has 0 saturated carbocycles. The number of nitrogen functional groups attached to an aromatic ring is 1. The smallest absolute Gasteiger partial charge is 0.241 e. The average Bonchev–Trinajstić information content (AvgIpc) is 2.74. The van der Waals surface area contributed by atoms with Crippen molar-refractivity contribution in [1.82, 2.24) is 9.78 Å². The number of nitrogens with two attached hydrogens (primary N) is 1. The van der Waals surface area contributed by atoms with Gasteiger partial charge in [0.15, 0.2) is 11.5 Å². The average molecular weight is 289 g/mol. The van der Waals surface area contributed by atoms with Gasteiger partial charge in [-0.25, -0.2) is 4.68 Å². The van der Waals surface area contributed by atoms with Gasteiger partial charge in [0.2, 0.25) is 5.88 Å². The first-order chi connectivity index (χ1) is 10.2. The second-order valence-corrected chi connectivity index (χ2v) is 4.92. The van der Waals surface area contributed by atoms with Gasteiger partial charge in [-0.05, 0) is 31.9 Å². The number of nitrogens with zero attached hydrogens (tertiary/aromatic N) is 2. The van der Waals surface area contributed by atoms with E-state index in [2.05, 4.69) is 18.9 Å². The lowest BCUT2D eigenvalue weighted by molar-refractivity contribution is 0.297. The fourth-order valence-electron chi connectivity index (χ4n) is 2.02. The van der Waals surface area contributed by atoms with Gasteiger partial charge < -0.3 is 15.2 Å². The molecular weight excluding hydrogens is 266 g/mol. The lowest BCUT2D eigenvalue weighted by Gasteiger charge is -2.13. The van der Waals surface area contributed by atoms with Crippen LogP contribution in [0.3, 0.4) is 0 Å². The number of hydrogen-bond acceptors (Lipinski definition) is 4. The van der Waals surface area contributed by atoms with Crippen molar-refractivity contribution in [1.29, 1.82) is 0 Å². The molecule has 114 valence electrons. The number of para-hydroxylation sites is 2. The van der Waals surface area contributed by atoms with E-state index in [4.69, 9.17) is 15.2 Å². The van der Waals surface area contributed by atoms with Crippen LogP contribution in [0.1, 0.15) is 32.4 Å². The maximum Gasteiger partial charge on any atom is 0.241 e. The molecule has 0 radical (unpaired) electrons. The summed E-state index contributed by atoms with van der Waals surface area (Å²) in [5.74, 6) is 1.97. The summed E-state index contributed by atoms with van der Waals surface area (Å²) in [4.78, 5) is 0. The Morgan fingerprint density at radius 2 is 1.86 bits per heavy atom. The molecule has 0 saturated heterocycles. The molecule has 0 amide bonds. The topological polar surface area (TPSA) is 62.3 Å². The first-order valence-corrected chi connectivity index (χ1v) is 7.39. The number of aromatic nitrogens is 2. The lowest BCUT2D eigenvalue weighted by Crippen LogP contribution is -2.04. The number of anilines is 1. The van der Waals surface area contributed by atoms with Gasteiger partial charge >= 0.3 is 0 Å². The Balaban J connectivity index is 2.29. The van der Waals surface area contributed by atoms with Crippen LogP contribution < -0.4 is 15.2 Å². The Morgan fingerprint density at radius 1 is 1.14 bits per heavy atom. The Labute approximate surface area is 125 Å². The molecule has 2 N–H and O–H groups in total. The van der Waals surface area contributed by atoms with E-state index in [9.17, 15) is 0 Å². The van der Waals surface area contributed by atoms with Crippen molar-refractivity contribution < 1.29 is 9.47 Å². The molecule has 2 aromatic rings. The predicted molar refractivity (Wildman–Crippen MR) is 84.0 cm³/mol. The molecule has 0 atom stereocenters. The van der Waals surface area contributed by atoms with E-state index in [1.165, 1.54) is 0 Å². The van der Waals surface area contributed by atoms with Crippen molar-refractivity contribution >= 4 is 5.69 Å². The highest BCUT2D eigenvalue weighted by atomic mass is 16.5. The second-order valence-electron chi connectivity index (χ2n) is 4.92. The van der Waals surface area contributed by atoms with E-state index in [1.54, 1.807) is 4.68 Å². The minimum atomic E-state index is 0.578. The quantitative estimate of drug-likeness (QED) is 0.843. The van der Waals surface area contributed by atoms with E-state index in [1.807, 2.05) is 31.2 Å². The second kappa shape index (κ2) is 7.02. The van der Waals surface area contributed by atoms with Crippen LogP contribution in [0.4, 0.5) is 5.69 Å². The zero-order chi connectivity index (χ0) is 15.2. The molecule has 0 bridgehead atoms. The van der Waals surface area contributed by atoms with Crippen molar-refractivity contribution in [3.05, 3.63) is 30.0 Å². The van der Waals surface area contributed by atoms with Crippen LogP contribution in [0.2, 0.25) is 0 Å². The molecule has 0 aliphatic carbocycles. The van der Waals surface area contributed by atoms with E-state index in [0.717, 1.165) is 30.8 Å². The highest BCUT2D eigenvalue weighted by Crippen LogP contribution is 2.35. The summed E-state index contributed by atoms with van der Waals surface area (Å²) in [7, 11) is 0. The third kappa shape index (κ3) is 3.48. The third-order valence-corrected chi connectivity index (χ3v) is 3.08. The van der Waals surface area contributed by atoms with Gasteiger partial charge in [-0.2, -0.15) is 5.10 Å². The lowest BCUT2D eigenvalue weighted by atomic mass is 10.3. The molecule has 0 fully saturated rings. The summed E-state index contributed by atoms with van der Waals surface area (Å²) in [5, 5.41) is 4.41. The van der Waals surface area contributed by atoms with Gasteiger partial charge in [-0.1, -0.05) is 26.0 Å². The predicted octanol–water partition coefficient (Wildman–Crippen LogP) is 3.76. The number of aryl methyl sites for hydroxylation is 2. The maximum absolute atomic E-state index is 6.08. The highest BCUT2D eigenvalue weighted by Gasteiger charge is 2.16. The molecule has 1 aromatic heterocycles. The van der Waals surface area contributed by atoms with E-state index >= 15 is 0 Å². The Bertz CT molecular complexity index is 593. The molecule has 0 aliphatic heterocycles. The number of ether oxygens (including phenoxy) is 2. The third-order valence-electron chi connectivity index (χ3n) is 3.08. The molecule has 0 aliphatic rings. The molecular formula is C16H23N3O2. The highest BCUT2D eigenvalue weighted by molar-refractivity contribution is 5.55. The van der Waals surface area contributed by atoms with Gasteiger partial charge in [0.05, 0.1) is 12.3 Å². The van der Waals surface area contributed by atoms with Gasteiger partial charge in [-0.15, -0.1) is 0 Å². The van der Waals surface area contributed by atoms with Crippen LogP contribution in [-0.4, -0.2) is 16.4 Å². The summed E-state index contributed by atoms with van der Waals surface area (Å²) in [5.41, 5.74) is 7.44. The summed E-state index contributed by atoms with van der Waals surface area (Å²) in [6, 6.07) is 7.62. The van der Waals surface area contributed by atoms with Crippen molar-refractivity contribution in [2.45, 2.75) is 40.2 Å². The summed E-state index contributed by atoms with van der Waals surface area (Å²) < 4.78 is 13.5. The summed E-state index contributed by atoms with van der Waals surface area (Å²) in [6.07, 6.45) is 1.91. The molecule has 1 aromatic carbocycles. The minimum absolute atomic E-state index is 0.578. The number of benzene rings is 1. The standard InChI is InChI=1S/C16H23N3O2/c1-4-10-19-16(15(17)12(3)18-19)21-14-9-7-6-8-13(14)20-11-5-2/h6-9H,4-5,10-11,17H2,1-3H3. The van der Waals surface area contributed by atoms with Crippen LogP contribution in [0.15, 0.2) is 24.3 Å². The van der Waals surface area contributed by atoms with Gasteiger partial charge in [0, 0.05) is 6.54 Å². The van der Waals surface area contributed by atoms with Crippen LogP contribution >= 0.6 is 0 Å². The van der Waals surface area contributed by atoms with Crippen molar-refractivity contribution in [2.24, 2.45) is 0 Å². The van der Waals surface area contributed by atoms with Crippen molar-refractivity contribution in [2.75, 3.05) is 12.3 Å². The molecule has 21 heavy (non-hydrogen) atoms. The van der Waals surface area contributed by atoms with Crippen molar-refractivity contribution in [3.8, 4) is 17.4 Å². The Hall–Kier alpha value is -2.17. The minimum Gasteiger partial charge on any atom is -0.490 e. The number of hydrogen-bond donors (Lipinski definition) is 1. The SMILES string of the molecule is CCCOc1ccccc1Oc1c(N)c(C)nn1CCC. The molecule has 5 nitrogen and oxygen atoms in total. The normalized spacial score (nSPS) is 10.6. The zero-order valence-electron chi connectivity index (χ0n) is 12.9. The van der Waals surface area contributed by atoms with E-state index in [0.29, 0.717) is 23.9 Å². The van der Waals surface area contributed by atoms with Crippen LogP contribution in [0, 0.1) is 6.92 Å². The molecule has 2 rings (SSSR count). The molecule has 0 spiro atoms. The van der Waals surface area contributed by atoms with Crippen molar-refractivity contribution in [3.63, 3.8) is 0 Å². The first kappa shape index (κ1) is 15.2. The fourth-order valence-corrected chi connectivity index (χ4v) is 2.02. The monoisotopic (exact) mass is 289 g/mol. The van der Waals surface area contributed by atoms with E-state index < -0.39 is 0 Å². The Morgan fingerprint density at radius 3 is 2.52 bits per heavy atom. The molecule has 0 unspecified atom stereocenters. The van der Waals surface area contributed by atoms with Gasteiger partial charge in [0.1, 0.15) is 5.69 Å². The largest absolute Gasteiger partial charge is 0.490 e. The molecule has 1 heterocycles. The zero-order valence-corrected chi connectivity index (χ0v) is 12.9. The van der Waals surface area contributed by atoms with Crippen LogP contribution in [0.5, 0.6) is 17.4 Å². The first-order valence-electron chi connectivity index (χ1n) is 7.39. The van der Waals surface area contributed by atoms with E-state index in [-0.39, 0.29) is 0 Å². The number of rotatable bonds is 7. The maximum atomic E-state index is 6.08. The van der Waals surface area contributed by atoms with Crippen LogP contribution in [-0.2, 0) is 6.54 Å². The van der Waals surface area contributed by atoms with Crippen LogP contribution in [0.25, 0.3) is 0 Å². The van der Waals surface area contributed by atoms with Gasteiger partial charge in [0.25, 0.3) is 0 Å². The Kier molecular flexibility index (Phi) is 5.09. The summed E-state index contributed by atoms with van der Waals surface area (Å²) in [6.45, 7) is 7.47. The fraction of sp³-hybridized carbons (Fsp3) is 0.438.